The second-order valence-electron chi connectivity index (χ2n) is 4.10. The lowest BCUT2D eigenvalue weighted by Crippen LogP contribution is -2.05. The fourth-order valence-corrected chi connectivity index (χ4v) is 1.82. The summed E-state index contributed by atoms with van der Waals surface area (Å²) < 4.78 is 10.7. The van der Waals surface area contributed by atoms with E-state index < -0.39 is 0 Å². The average molecular weight is 231 g/mol. The summed E-state index contributed by atoms with van der Waals surface area (Å²) in [4.78, 5) is 4.35. The second kappa shape index (κ2) is 5.15. The molecular weight excluding hydrogens is 214 g/mol. The molecule has 1 aromatic carbocycles. The van der Waals surface area contributed by atoms with Gasteiger partial charge in [0.2, 0.25) is 0 Å². The van der Waals surface area contributed by atoms with Gasteiger partial charge in [0, 0.05) is 23.6 Å². The van der Waals surface area contributed by atoms with Crippen LogP contribution in [0.5, 0.6) is 5.75 Å². The lowest BCUT2D eigenvalue weighted by atomic mass is 10.1. The lowest BCUT2D eigenvalue weighted by Gasteiger charge is -2.10. The van der Waals surface area contributed by atoms with Crippen molar-refractivity contribution < 1.29 is 9.47 Å². The highest BCUT2D eigenvalue weighted by Gasteiger charge is 2.06. The zero-order valence-corrected chi connectivity index (χ0v) is 10.5. The van der Waals surface area contributed by atoms with Crippen LogP contribution in [0.2, 0.25) is 0 Å². The third-order valence-electron chi connectivity index (χ3n) is 2.75. The van der Waals surface area contributed by atoms with Crippen molar-refractivity contribution in [3.8, 4) is 5.75 Å². The van der Waals surface area contributed by atoms with Gasteiger partial charge < -0.3 is 9.47 Å². The molecule has 1 heterocycles. The predicted octanol–water partition coefficient (Wildman–Crippen LogP) is 2.88. The van der Waals surface area contributed by atoms with Crippen LogP contribution >= 0.6 is 0 Å². The average Bonchev–Trinajstić information content (AvgIpc) is 2.32. The third-order valence-corrected chi connectivity index (χ3v) is 2.75. The topological polar surface area (TPSA) is 31.4 Å². The number of methoxy groups -OCH3 is 1. The number of ether oxygens (including phenoxy) is 2. The van der Waals surface area contributed by atoms with E-state index in [0.29, 0.717) is 13.2 Å². The van der Waals surface area contributed by atoms with Crippen LogP contribution in [-0.2, 0) is 4.74 Å². The molecule has 0 unspecified atom stereocenters. The van der Waals surface area contributed by atoms with E-state index in [2.05, 4.69) is 30.1 Å². The molecule has 0 radical (unpaired) electrons. The van der Waals surface area contributed by atoms with Crippen LogP contribution in [0.3, 0.4) is 0 Å². The maximum Gasteiger partial charge on any atom is 0.145 e. The Morgan fingerprint density at radius 3 is 2.71 bits per heavy atom. The van der Waals surface area contributed by atoms with E-state index in [4.69, 9.17) is 9.47 Å². The Kier molecular flexibility index (Phi) is 3.59. The van der Waals surface area contributed by atoms with Crippen LogP contribution in [0.4, 0.5) is 0 Å². The molecule has 0 spiro atoms. The molecule has 90 valence electrons. The second-order valence-corrected chi connectivity index (χ2v) is 4.10. The van der Waals surface area contributed by atoms with E-state index in [1.807, 2.05) is 6.92 Å². The van der Waals surface area contributed by atoms with Crippen LogP contribution in [0.25, 0.3) is 10.8 Å². The first kappa shape index (κ1) is 11.9. The predicted molar refractivity (Wildman–Crippen MR) is 68.6 cm³/mol. The molecule has 3 nitrogen and oxygen atoms in total. The van der Waals surface area contributed by atoms with Crippen LogP contribution in [-0.4, -0.2) is 25.3 Å². The maximum absolute atomic E-state index is 5.68. The van der Waals surface area contributed by atoms with E-state index in [1.54, 1.807) is 13.3 Å². The summed E-state index contributed by atoms with van der Waals surface area (Å²) in [6.45, 7) is 5.22. The maximum atomic E-state index is 5.68. The van der Waals surface area contributed by atoms with Gasteiger partial charge in [0.25, 0.3) is 0 Å². The minimum Gasteiger partial charge on any atom is -0.489 e. The fraction of sp³-hybridized carbons (Fsp3) is 0.357. The number of aromatic nitrogens is 1. The molecule has 0 saturated heterocycles. The van der Waals surface area contributed by atoms with Crippen molar-refractivity contribution in [2.24, 2.45) is 0 Å². The zero-order valence-electron chi connectivity index (χ0n) is 10.5. The Morgan fingerprint density at radius 2 is 1.94 bits per heavy atom. The minimum atomic E-state index is 0.546. The first-order valence-corrected chi connectivity index (χ1v) is 5.70. The number of pyridine rings is 1. The molecule has 17 heavy (non-hydrogen) atoms. The van der Waals surface area contributed by atoms with Crippen molar-refractivity contribution in [1.82, 2.24) is 4.98 Å². The van der Waals surface area contributed by atoms with Crippen LogP contribution in [0, 0.1) is 13.8 Å². The van der Waals surface area contributed by atoms with Gasteiger partial charge in [0.15, 0.2) is 0 Å². The Labute approximate surface area is 101 Å². The van der Waals surface area contributed by atoms with Crippen molar-refractivity contribution >= 4 is 10.8 Å². The Morgan fingerprint density at radius 1 is 1.12 bits per heavy atom. The summed E-state index contributed by atoms with van der Waals surface area (Å²) in [5.41, 5.74) is 2.25. The van der Waals surface area contributed by atoms with Gasteiger partial charge in [0.1, 0.15) is 12.4 Å². The molecule has 2 rings (SSSR count). The van der Waals surface area contributed by atoms with Gasteiger partial charge in [-0.2, -0.15) is 0 Å². The minimum absolute atomic E-state index is 0.546. The highest BCUT2D eigenvalue weighted by Crippen LogP contribution is 2.27. The molecule has 0 fully saturated rings. The molecule has 1 aromatic heterocycles. The summed E-state index contributed by atoms with van der Waals surface area (Å²) in [5, 5.41) is 2.26. The van der Waals surface area contributed by atoms with Crippen LogP contribution in [0.15, 0.2) is 24.4 Å². The molecule has 0 atom stereocenters. The van der Waals surface area contributed by atoms with Crippen molar-refractivity contribution in [2.75, 3.05) is 20.3 Å². The van der Waals surface area contributed by atoms with E-state index in [1.165, 1.54) is 5.56 Å². The first-order valence-electron chi connectivity index (χ1n) is 5.70. The highest BCUT2D eigenvalue weighted by atomic mass is 16.5. The number of benzene rings is 1. The summed E-state index contributed by atoms with van der Waals surface area (Å²) in [5.74, 6) is 0.825. The molecule has 2 aromatic rings. The summed E-state index contributed by atoms with van der Waals surface area (Å²) >= 11 is 0. The third kappa shape index (κ3) is 2.56. The van der Waals surface area contributed by atoms with Gasteiger partial charge in [-0.3, -0.25) is 4.98 Å². The largest absolute Gasteiger partial charge is 0.489 e. The highest BCUT2D eigenvalue weighted by molar-refractivity contribution is 5.90. The van der Waals surface area contributed by atoms with E-state index >= 15 is 0 Å². The van der Waals surface area contributed by atoms with Crippen LogP contribution < -0.4 is 4.74 Å². The number of rotatable bonds is 4. The van der Waals surface area contributed by atoms with E-state index in [9.17, 15) is 0 Å². The SMILES string of the molecule is COCCOc1cnc(C)c2ccc(C)cc12. The molecule has 0 aliphatic rings. The molecule has 0 aliphatic heterocycles. The zero-order chi connectivity index (χ0) is 12.3. The van der Waals surface area contributed by atoms with Gasteiger partial charge in [-0.15, -0.1) is 0 Å². The number of aryl methyl sites for hydroxylation is 2. The number of hydrogen-bond donors (Lipinski definition) is 0. The molecule has 0 bridgehead atoms. The Hall–Kier alpha value is -1.61. The van der Waals surface area contributed by atoms with Gasteiger partial charge in [-0.25, -0.2) is 0 Å². The van der Waals surface area contributed by atoms with E-state index in [-0.39, 0.29) is 0 Å². The fourth-order valence-electron chi connectivity index (χ4n) is 1.82. The Bertz CT molecular complexity index is 523. The standard InChI is InChI=1S/C14H17NO2/c1-10-4-5-12-11(2)15-9-14(13(12)8-10)17-7-6-16-3/h4-5,8-9H,6-7H2,1-3H3. The molecular formula is C14H17NO2. The molecule has 3 heteroatoms. The Balaban J connectivity index is 2.41. The monoisotopic (exact) mass is 231 g/mol. The number of hydrogen-bond acceptors (Lipinski definition) is 3. The summed E-state index contributed by atoms with van der Waals surface area (Å²) in [6.07, 6.45) is 1.78. The molecule has 0 aliphatic carbocycles. The van der Waals surface area contributed by atoms with Crippen molar-refractivity contribution in [2.45, 2.75) is 13.8 Å². The first-order chi connectivity index (χ1) is 8.22. The lowest BCUT2D eigenvalue weighted by molar-refractivity contribution is 0.147. The number of fused-ring (bicyclic) bond motifs is 1. The quantitative estimate of drug-likeness (QED) is 0.758. The molecule has 0 N–H and O–H groups in total. The smallest absolute Gasteiger partial charge is 0.145 e. The summed E-state index contributed by atoms with van der Waals surface area (Å²) in [6, 6.07) is 6.32. The van der Waals surface area contributed by atoms with Gasteiger partial charge in [-0.05, 0) is 19.9 Å². The van der Waals surface area contributed by atoms with Crippen molar-refractivity contribution in [3.05, 3.63) is 35.7 Å². The summed E-state index contributed by atoms with van der Waals surface area (Å²) in [7, 11) is 1.67. The van der Waals surface area contributed by atoms with Gasteiger partial charge in [-0.1, -0.05) is 17.7 Å². The van der Waals surface area contributed by atoms with E-state index in [0.717, 1.165) is 22.2 Å². The number of nitrogens with zero attached hydrogens (tertiary/aromatic N) is 1. The van der Waals surface area contributed by atoms with Crippen molar-refractivity contribution in [1.29, 1.82) is 0 Å². The van der Waals surface area contributed by atoms with Gasteiger partial charge >= 0.3 is 0 Å². The normalized spacial score (nSPS) is 10.8. The van der Waals surface area contributed by atoms with Gasteiger partial charge in [0.05, 0.1) is 12.8 Å². The van der Waals surface area contributed by atoms with Crippen molar-refractivity contribution in [3.63, 3.8) is 0 Å². The van der Waals surface area contributed by atoms with Crippen LogP contribution in [0.1, 0.15) is 11.3 Å². The molecule has 0 amide bonds. The molecule has 0 saturated carbocycles.